The summed E-state index contributed by atoms with van der Waals surface area (Å²) < 4.78 is 37.4. The van der Waals surface area contributed by atoms with E-state index in [1.807, 2.05) is 30.3 Å². The predicted octanol–water partition coefficient (Wildman–Crippen LogP) is 1.85. The maximum atomic E-state index is 12.5. The summed E-state index contributed by atoms with van der Waals surface area (Å²) in [5, 5.41) is 7.26. The standard InChI is InChI=1S/C16H16F3N5O2/c17-16(18,19)14-21-15(23-22-14)20-13(26)11-8-12(25)24(9-11)7-6-10-4-2-1-3-5-10/h1-5,11H,6-9H2,(H2,20,21,22,23,26). The van der Waals surface area contributed by atoms with Gasteiger partial charge in [-0.05, 0) is 12.0 Å². The van der Waals surface area contributed by atoms with E-state index >= 15 is 0 Å². The lowest BCUT2D eigenvalue weighted by Crippen LogP contribution is -2.30. The average molecular weight is 367 g/mol. The molecule has 1 unspecified atom stereocenters. The number of alkyl halides is 3. The Labute approximate surface area is 146 Å². The molecule has 1 saturated heterocycles. The van der Waals surface area contributed by atoms with Crippen LogP contribution in [-0.2, 0) is 22.2 Å². The fourth-order valence-electron chi connectivity index (χ4n) is 2.73. The quantitative estimate of drug-likeness (QED) is 0.844. The van der Waals surface area contributed by atoms with Gasteiger partial charge in [0, 0.05) is 19.5 Å². The smallest absolute Gasteiger partial charge is 0.342 e. The van der Waals surface area contributed by atoms with Gasteiger partial charge in [0.25, 0.3) is 0 Å². The molecule has 1 aromatic carbocycles. The number of carbonyl (C=O) groups is 2. The highest BCUT2D eigenvalue weighted by Crippen LogP contribution is 2.26. The topological polar surface area (TPSA) is 91.0 Å². The fraction of sp³-hybridized carbons (Fsp3) is 0.375. The van der Waals surface area contributed by atoms with Crippen LogP contribution >= 0.6 is 0 Å². The molecule has 2 heterocycles. The molecule has 0 bridgehead atoms. The molecule has 0 spiro atoms. The molecule has 1 aromatic heterocycles. The third kappa shape index (κ3) is 4.19. The van der Waals surface area contributed by atoms with E-state index in [0.717, 1.165) is 5.56 Å². The summed E-state index contributed by atoms with van der Waals surface area (Å²) in [6.45, 7) is 0.694. The second kappa shape index (κ2) is 7.14. The number of hydrogen-bond donors (Lipinski definition) is 2. The zero-order valence-electron chi connectivity index (χ0n) is 13.6. The van der Waals surface area contributed by atoms with Crippen LogP contribution in [0.4, 0.5) is 19.1 Å². The summed E-state index contributed by atoms with van der Waals surface area (Å²) in [4.78, 5) is 29.0. The SMILES string of the molecule is O=C(Nc1n[nH]c(C(F)(F)F)n1)C1CC(=O)N(CCc2ccccc2)C1. The Morgan fingerprint density at radius 2 is 2.04 bits per heavy atom. The number of aromatic nitrogens is 3. The summed E-state index contributed by atoms with van der Waals surface area (Å²) in [5.41, 5.74) is 1.08. The molecule has 0 radical (unpaired) electrons. The van der Waals surface area contributed by atoms with Crippen LogP contribution in [-0.4, -0.2) is 45.0 Å². The molecule has 7 nitrogen and oxygen atoms in total. The van der Waals surface area contributed by atoms with Crippen LogP contribution in [0.2, 0.25) is 0 Å². The molecule has 2 aromatic rings. The highest BCUT2D eigenvalue weighted by atomic mass is 19.4. The second-order valence-corrected chi connectivity index (χ2v) is 5.97. The van der Waals surface area contributed by atoms with Crippen molar-refractivity contribution in [1.82, 2.24) is 20.1 Å². The molecule has 26 heavy (non-hydrogen) atoms. The van der Waals surface area contributed by atoms with Crippen molar-refractivity contribution in [2.45, 2.75) is 19.0 Å². The van der Waals surface area contributed by atoms with Crippen LogP contribution in [0.15, 0.2) is 30.3 Å². The highest BCUT2D eigenvalue weighted by molar-refractivity contribution is 5.96. The van der Waals surface area contributed by atoms with E-state index in [1.54, 1.807) is 10.00 Å². The van der Waals surface area contributed by atoms with Crippen molar-refractivity contribution < 1.29 is 22.8 Å². The molecular formula is C16H16F3N5O2. The Kier molecular flexibility index (Phi) is 4.92. The van der Waals surface area contributed by atoms with E-state index in [9.17, 15) is 22.8 Å². The summed E-state index contributed by atoms with van der Waals surface area (Å²) in [7, 11) is 0. The number of rotatable bonds is 5. The van der Waals surface area contributed by atoms with Gasteiger partial charge in [0.2, 0.25) is 23.6 Å². The van der Waals surface area contributed by atoms with Crippen LogP contribution < -0.4 is 5.32 Å². The summed E-state index contributed by atoms with van der Waals surface area (Å²) in [5.74, 6) is -3.14. The van der Waals surface area contributed by atoms with E-state index in [2.05, 4.69) is 15.4 Å². The Hall–Kier alpha value is -2.91. The van der Waals surface area contributed by atoms with Crippen LogP contribution in [0.1, 0.15) is 17.8 Å². The van der Waals surface area contributed by atoms with Gasteiger partial charge in [-0.25, -0.2) is 0 Å². The number of halogens is 3. The van der Waals surface area contributed by atoms with E-state index in [4.69, 9.17) is 0 Å². The number of H-pyrrole nitrogens is 1. The van der Waals surface area contributed by atoms with Gasteiger partial charge in [-0.15, -0.1) is 5.10 Å². The molecule has 10 heteroatoms. The Balaban J connectivity index is 1.54. The fourth-order valence-corrected chi connectivity index (χ4v) is 2.73. The van der Waals surface area contributed by atoms with E-state index < -0.39 is 29.8 Å². The number of carbonyl (C=O) groups excluding carboxylic acids is 2. The summed E-state index contributed by atoms with van der Waals surface area (Å²) >= 11 is 0. The highest BCUT2D eigenvalue weighted by Gasteiger charge is 2.37. The lowest BCUT2D eigenvalue weighted by atomic mass is 10.1. The number of nitrogens with one attached hydrogen (secondary N) is 2. The first-order valence-corrected chi connectivity index (χ1v) is 7.95. The zero-order valence-corrected chi connectivity index (χ0v) is 13.6. The van der Waals surface area contributed by atoms with Crippen LogP contribution in [0.5, 0.6) is 0 Å². The monoisotopic (exact) mass is 367 g/mol. The van der Waals surface area contributed by atoms with Crippen LogP contribution in [0.3, 0.4) is 0 Å². The predicted molar refractivity (Wildman–Crippen MR) is 84.8 cm³/mol. The molecule has 138 valence electrons. The lowest BCUT2D eigenvalue weighted by Gasteiger charge is -2.16. The van der Waals surface area contributed by atoms with Crippen molar-refractivity contribution in [3.8, 4) is 0 Å². The van der Waals surface area contributed by atoms with Gasteiger partial charge in [-0.2, -0.15) is 18.2 Å². The van der Waals surface area contributed by atoms with Crippen molar-refractivity contribution in [1.29, 1.82) is 0 Å². The minimum Gasteiger partial charge on any atom is -0.342 e. The van der Waals surface area contributed by atoms with Gasteiger partial charge in [0.1, 0.15) is 0 Å². The second-order valence-electron chi connectivity index (χ2n) is 5.97. The third-order valence-corrected chi connectivity index (χ3v) is 4.09. The number of hydrogen-bond acceptors (Lipinski definition) is 4. The number of aromatic amines is 1. The number of likely N-dealkylation sites (tertiary alicyclic amines) is 1. The molecule has 0 saturated carbocycles. The zero-order chi connectivity index (χ0) is 18.7. The molecule has 2 N–H and O–H groups in total. The molecule has 1 aliphatic rings. The van der Waals surface area contributed by atoms with Crippen molar-refractivity contribution in [2.75, 3.05) is 18.4 Å². The van der Waals surface area contributed by atoms with E-state index in [0.29, 0.717) is 13.0 Å². The van der Waals surface area contributed by atoms with Crippen molar-refractivity contribution in [3.05, 3.63) is 41.7 Å². The third-order valence-electron chi connectivity index (χ3n) is 4.09. The maximum Gasteiger partial charge on any atom is 0.451 e. The summed E-state index contributed by atoms with van der Waals surface area (Å²) in [6, 6.07) is 9.61. The molecular weight excluding hydrogens is 351 g/mol. The molecule has 2 amide bonds. The van der Waals surface area contributed by atoms with Gasteiger partial charge in [-0.3, -0.25) is 20.0 Å². The number of nitrogens with zero attached hydrogens (tertiary/aromatic N) is 3. The Bertz CT molecular complexity index is 791. The van der Waals surface area contributed by atoms with Crippen molar-refractivity contribution in [3.63, 3.8) is 0 Å². The molecule has 3 rings (SSSR count). The first kappa shape index (κ1) is 17.9. The van der Waals surface area contributed by atoms with Crippen LogP contribution in [0, 0.1) is 5.92 Å². The molecule has 0 aliphatic carbocycles. The van der Waals surface area contributed by atoms with E-state index in [-0.39, 0.29) is 18.9 Å². The minimum absolute atomic E-state index is 0.0111. The Morgan fingerprint density at radius 3 is 2.69 bits per heavy atom. The van der Waals surface area contributed by atoms with Crippen LogP contribution in [0.25, 0.3) is 0 Å². The minimum atomic E-state index is -4.67. The molecule has 1 aliphatic heterocycles. The number of amides is 2. The van der Waals surface area contributed by atoms with Gasteiger partial charge >= 0.3 is 6.18 Å². The van der Waals surface area contributed by atoms with Gasteiger partial charge in [0.15, 0.2) is 0 Å². The first-order valence-electron chi connectivity index (χ1n) is 7.95. The number of anilines is 1. The number of benzene rings is 1. The first-order chi connectivity index (χ1) is 12.3. The van der Waals surface area contributed by atoms with Crippen molar-refractivity contribution in [2.24, 2.45) is 5.92 Å². The van der Waals surface area contributed by atoms with Gasteiger partial charge < -0.3 is 4.90 Å². The molecule has 1 fully saturated rings. The van der Waals surface area contributed by atoms with Gasteiger partial charge in [-0.1, -0.05) is 30.3 Å². The van der Waals surface area contributed by atoms with Crippen molar-refractivity contribution >= 4 is 17.8 Å². The average Bonchev–Trinajstić information content (AvgIpc) is 3.20. The summed E-state index contributed by atoms with van der Waals surface area (Å²) in [6.07, 6.45) is -4.00. The van der Waals surface area contributed by atoms with Gasteiger partial charge in [0.05, 0.1) is 5.92 Å². The van der Waals surface area contributed by atoms with E-state index in [1.165, 1.54) is 0 Å². The maximum absolute atomic E-state index is 12.5. The Morgan fingerprint density at radius 1 is 1.31 bits per heavy atom. The largest absolute Gasteiger partial charge is 0.451 e. The lowest BCUT2D eigenvalue weighted by molar-refractivity contribution is -0.144. The normalized spacial score (nSPS) is 17.6. The molecule has 1 atom stereocenters.